The molecule has 0 aliphatic rings. The molecule has 0 saturated heterocycles. The molecule has 3 rings (SSSR count). The molecule has 0 aliphatic carbocycles. The van der Waals surface area contributed by atoms with Gasteiger partial charge in [0.25, 0.3) is 5.91 Å². The van der Waals surface area contributed by atoms with E-state index in [0.29, 0.717) is 28.0 Å². The Balaban J connectivity index is 1.99. The van der Waals surface area contributed by atoms with Crippen molar-refractivity contribution in [1.29, 1.82) is 0 Å². The van der Waals surface area contributed by atoms with Gasteiger partial charge in [-0.2, -0.15) is 0 Å². The van der Waals surface area contributed by atoms with Crippen LogP contribution in [0.1, 0.15) is 6.92 Å². The zero-order valence-corrected chi connectivity index (χ0v) is 11.9. The van der Waals surface area contributed by atoms with E-state index in [1.54, 1.807) is 49.4 Å². The molecule has 0 radical (unpaired) electrons. The Kier molecular flexibility index (Phi) is 3.34. The second-order valence-corrected chi connectivity index (χ2v) is 4.92. The minimum atomic E-state index is -0.243. The van der Waals surface area contributed by atoms with Crippen molar-refractivity contribution in [2.75, 3.05) is 5.32 Å². The third-order valence-corrected chi connectivity index (χ3v) is 3.12. The highest BCUT2D eigenvalue weighted by atomic mass is 16.3. The lowest BCUT2D eigenvalue weighted by molar-refractivity contribution is -0.112. The normalized spacial score (nSPS) is 10.6. The third kappa shape index (κ3) is 2.54. The van der Waals surface area contributed by atoms with Gasteiger partial charge in [-0.15, -0.1) is 15.0 Å². The van der Waals surface area contributed by atoms with Crippen molar-refractivity contribution in [3.8, 4) is 11.4 Å². The maximum atomic E-state index is 11.6. The average molecular weight is 294 g/mol. The fourth-order valence-corrected chi connectivity index (χ4v) is 1.97. The molecule has 1 amide bonds. The van der Waals surface area contributed by atoms with Gasteiger partial charge < -0.3 is 10.4 Å². The summed E-state index contributed by atoms with van der Waals surface area (Å²) in [7, 11) is 0. The van der Waals surface area contributed by atoms with Crippen LogP contribution in [0.5, 0.6) is 5.75 Å². The maximum Gasteiger partial charge on any atom is 0.250 e. The Bertz CT molecular complexity index is 883. The fraction of sp³-hybridized carbons (Fsp3) is 0.0625. The Labute approximate surface area is 126 Å². The number of benzene rings is 2. The number of phenolic OH excluding ortho intramolecular Hbond substituents is 1. The summed E-state index contributed by atoms with van der Waals surface area (Å²) in [5.74, 6) is -0.147. The topological polar surface area (TPSA) is 80.0 Å². The van der Waals surface area contributed by atoms with Gasteiger partial charge in [-0.1, -0.05) is 18.7 Å². The number of anilines is 1. The molecule has 2 N–H and O–H groups in total. The summed E-state index contributed by atoms with van der Waals surface area (Å²) in [6.07, 6.45) is 0. The van der Waals surface area contributed by atoms with Crippen LogP contribution in [0.3, 0.4) is 0 Å². The number of phenols is 1. The molecular weight excluding hydrogens is 280 g/mol. The molecule has 22 heavy (non-hydrogen) atoms. The van der Waals surface area contributed by atoms with E-state index < -0.39 is 0 Å². The first-order chi connectivity index (χ1) is 10.5. The van der Waals surface area contributed by atoms with Crippen molar-refractivity contribution in [3.63, 3.8) is 0 Å². The van der Waals surface area contributed by atoms with Crippen LogP contribution in [0.4, 0.5) is 5.69 Å². The summed E-state index contributed by atoms with van der Waals surface area (Å²) in [4.78, 5) is 13.0. The van der Waals surface area contributed by atoms with E-state index in [4.69, 9.17) is 0 Å². The van der Waals surface area contributed by atoms with Crippen LogP contribution in [-0.4, -0.2) is 26.0 Å². The zero-order valence-electron chi connectivity index (χ0n) is 11.9. The largest absolute Gasteiger partial charge is 0.506 e. The standard InChI is InChI=1S/C16H14N4O2/c1-10(2)16(22)17-11-7-8-12-13(9-11)19-20(18-12)14-5-3-4-6-15(14)21/h3-9,21H,1H2,2H3,(H,17,22). The Hall–Kier alpha value is -3.15. The van der Waals surface area contributed by atoms with Crippen LogP contribution >= 0.6 is 0 Å². The number of amides is 1. The lowest BCUT2D eigenvalue weighted by Gasteiger charge is -2.03. The molecule has 1 aromatic heterocycles. The van der Waals surface area contributed by atoms with E-state index in [0.717, 1.165) is 0 Å². The summed E-state index contributed by atoms with van der Waals surface area (Å²) < 4.78 is 0. The lowest BCUT2D eigenvalue weighted by Crippen LogP contribution is -2.11. The number of nitrogens with zero attached hydrogens (tertiary/aromatic N) is 3. The van der Waals surface area contributed by atoms with Crippen molar-refractivity contribution in [3.05, 3.63) is 54.6 Å². The number of fused-ring (bicyclic) bond motifs is 1. The van der Waals surface area contributed by atoms with Gasteiger partial charge in [0, 0.05) is 11.3 Å². The van der Waals surface area contributed by atoms with Gasteiger partial charge >= 0.3 is 0 Å². The Morgan fingerprint density at radius 1 is 1.18 bits per heavy atom. The minimum absolute atomic E-state index is 0.0959. The Morgan fingerprint density at radius 2 is 1.91 bits per heavy atom. The quantitative estimate of drug-likeness (QED) is 0.728. The highest BCUT2D eigenvalue weighted by molar-refractivity contribution is 6.03. The van der Waals surface area contributed by atoms with Gasteiger partial charge in [-0.3, -0.25) is 4.79 Å². The summed E-state index contributed by atoms with van der Waals surface area (Å²) in [5.41, 5.74) is 2.81. The first-order valence-electron chi connectivity index (χ1n) is 6.67. The van der Waals surface area contributed by atoms with Crippen molar-refractivity contribution in [2.45, 2.75) is 6.92 Å². The molecule has 0 spiro atoms. The molecule has 0 saturated carbocycles. The molecular formula is C16H14N4O2. The number of aromatic hydroxyl groups is 1. The monoisotopic (exact) mass is 294 g/mol. The zero-order chi connectivity index (χ0) is 15.7. The van der Waals surface area contributed by atoms with Crippen molar-refractivity contribution < 1.29 is 9.90 Å². The Morgan fingerprint density at radius 3 is 2.64 bits per heavy atom. The average Bonchev–Trinajstić information content (AvgIpc) is 2.90. The number of hydrogen-bond acceptors (Lipinski definition) is 4. The molecule has 0 bridgehead atoms. The van der Waals surface area contributed by atoms with Crippen LogP contribution in [0.2, 0.25) is 0 Å². The minimum Gasteiger partial charge on any atom is -0.506 e. The van der Waals surface area contributed by atoms with E-state index in [9.17, 15) is 9.90 Å². The SMILES string of the molecule is C=C(C)C(=O)Nc1ccc2nn(-c3ccccc3O)nc2c1. The number of carbonyl (C=O) groups is 1. The molecule has 0 atom stereocenters. The lowest BCUT2D eigenvalue weighted by atomic mass is 10.2. The summed E-state index contributed by atoms with van der Waals surface area (Å²) in [5, 5.41) is 21.2. The van der Waals surface area contributed by atoms with Gasteiger partial charge in [0.15, 0.2) is 0 Å². The fourth-order valence-electron chi connectivity index (χ4n) is 1.97. The predicted octanol–water partition coefficient (Wildman–Crippen LogP) is 2.64. The number of nitrogens with one attached hydrogen (secondary N) is 1. The smallest absolute Gasteiger partial charge is 0.250 e. The van der Waals surface area contributed by atoms with Crippen LogP contribution in [-0.2, 0) is 4.79 Å². The van der Waals surface area contributed by atoms with E-state index in [2.05, 4.69) is 22.1 Å². The van der Waals surface area contributed by atoms with Gasteiger partial charge in [0.05, 0.1) is 0 Å². The van der Waals surface area contributed by atoms with Crippen LogP contribution in [0, 0.1) is 0 Å². The molecule has 0 aliphatic heterocycles. The number of hydrogen-bond donors (Lipinski definition) is 2. The highest BCUT2D eigenvalue weighted by Gasteiger charge is 2.09. The molecule has 0 unspecified atom stereocenters. The summed E-state index contributed by atoms with van der Waals surface area (Å²) in [6, 6.07) is 12.0. The molecule has 2 aromatic carbocycles. The first-order valence-corrected chi connectivity index (χ1v) is 6.67. The van der Waals surface area contributed by atoms with Gasteiger partial charge in [0.1, 0.15) is 22.5 Å². The summed E-state index contributed by atoms with van der Waals surface area (Å²) >= 11 is 0. The van der Waals surface area contributed by atoms with E-state index in [1.807, 2.05) is 0 Å². The second kappa shape index (κ2) is 5.33. The summed E-state index contributed by atoms with van der Waals surface area (Å²) in [6.45, 7) is 5.24. The highest BCUT2D eigenvalue weighted by Crippen LogP contribution is 2.22. The second-order valence-electron chi connectivity index (χ2n) is 4.92. The molecule has 6 nitrogen and oxygen atoms in total. The van der Waals surface area contributed by atoms with Crippen LogP contribution < -0.4 is 5.32 Å². The number of aromatic nitrogens is 3. The van der Waals surface area contributed by atoms with Gasteiger partial charge in [0.2, 0.25) is 0 Å². The van der Waals surface area contributed by atoms with Gasteiger partial charge in [-0.25, -0.2) is 0 Å². The molecule has 0 fully saturated rings. The van der Waals surface area contributed by atoms with E-state index in [1.165, 1.54) is 4.80 Å². The number of carbonyl (C=O) groups excluding carboxylic acids is 1. The van der Waals surface area contributed by atoms with Crippen molar-refractivity contribution in [2.24, 2.45) is 0 Å². The third-order valence-electron chi connectivity index (χ3n) is 3.12. The van der Waals surface area contributed by atoms with E-state index in [-0.39, 0.29) is 11.7 Å². The molecule has 1 heterocycles. The van der Waals surface area contributed by atoms with Crippen LogP contribution in [0.25, 0.3) is 16.7 Å². The van der Waals surface area contributed by atoms with Gasteiger partial charge in [-0.05, 0) is 37.3 Å². The molecule has 3 aromatic rings. The molecule has 6 heteroatoms. The molecule has 110 valence electrons. The van der Waals surface area contributed by atoms with E-state index >= 15 is 0 Å². The number of para-hydroxylation sites is 2. The number of rotatable bonds is 3. The first kappa shape index (κ1) is 13.8. The van der Waals surface area contributed by atoms with Crippen molar-refractivity contribution in [1.82, 2.24) is 15.0 Å². The maximum absolute atomic E-state index is 11.6. The van der Waals surface area contributed by atoms with Crippen molar-refractivity contribution >= 4 is 22.6 Å². The predicted molar refractivity (Wildman–Crippen MR) is 84.0 cm³/mol. The van der Waals surface area contributed by atoms with Crippen LogP contribution in [0.15, 0.2) is 54.6 Å².